The molecule has 0 fully saturated rings. The molecule has 0 radical (unpaired) electrons. The van der Waals surface area contributed by atoms with Gasteiger partial charge in [-0.2, -0.15) is 0 Å². The van der Waals surface area contributed by atoms with Crippen LogP contribution in [0.15, 0.2) is 77.9 Å². The topological polar surface area (TPSA) is 68.9 Å². The second-order valence-corrected chi connectivity index (χ2v) is 7.24. The molecule has 5 aromatic rings. The zero-order valence-corrected chi connectivity index (χ0v) is 16.5. The van der Waals surface area contributed by atoms with Crippen LogP contribution in [-0.2, 0) is 17.9 Å². The summed E-state index contributed by atoms with van der Waals surface area (Å²) in [5.74, 6) is -0.271. The first-order valence-corrected chi connectivity index (χ1v) is 9.90. The number of rotatable bonds is 4. The highest BCUT2D eigenvalue weighted by atomic mass is 16.2. The van der Waals surface area contributed by atoms with Gasteiger partial charge in [0.2, 0.25) is 5.91 Å². The normalized spacial score (nSPS) is 11.4. The molecule has 0 saturated carbocycles. The number of aromatic nitrogens is 3. The van der Waals surface area contributed by atoms with Crippen molar-refractivity contribution in [1.82, 2.24) is 14.1 Å². The summed E-state index contributed by atoms with van der Waals surface area (Å²) in [4.78, 5) is 29.5. The maximum Gasteiger partial charge on any atom is 0.261 e. The monoisotopic (exact) mass is 396 g/mol. The SMILES string of the molecule is CCn1c2ccccc2c2cc(NC(=O)Cn3cnc4ccccc4c3=O)ccc21. The Morgan fingerprint density at radius 2 is 1.67 bits per heavy atom. The van der Waals surface area contributed by atoms with Gasteiger partial charge >= 0.3 is 0 Å². The molecule has 30 heavy (non-hydrogen) atoms. The van der Waals surface area contributed by atoms with Crippen molar-refractivity contribution in [3.63, 3.8) is 0 Å². The van der Waals surface area contributed by atoms with E-state index < -0.39 is 0 Å². The van der Waals surface area contributed by atoms with Gasteiger partial charge in [0, 0.05) is 34.0 Å². The average Bonchev–Trinajstić information content (AvgIpc) is 3.09. The summed E-state index contributed by atoms with van der Waals surface area (Å²) >= 11 is 0. The van der Waals surface area contributed by atoms with E-state index in [9.17, 15) is 9.59 Å². The van der Waals surface area contributed by atoms with Gasteiger partial charge < -0.3 is 9.88 Å². The molecular formula is C24H20N4O2. The van der Waals surface area contributed by atoms with Crippen molar-refractivity contribution in [2.75, 3.05) is 5.32 Å². The van der Waals surface area contributed by atoms with E-state index >= 15 is 0 Å². The molecule has 2 aromatic heterocycles. The Labute approximate surface area is 172 Å². The molecule has 1 N–H and O–H groups in total. The summed E-state index contributed by atoms with van der Waals surface area (Å²) in [5.41, 5.74) is 3.40. The van der Waals surface area contributed by atoms with Crippen LogP contribution in [0.4, 0.5) is 5.69 Å². The van der Waals surface area contributed by atoms with E-state index in [1.54, 1.807) is 18.2 Å². The van der Waals surface area contributed by atoms with E-state index in [-0.39, 0.29) is 18.0 Å². The minimum absolute atomic E-state index is 0.0918. The number of para-hydroxylation sites is 2. The molecule has 0 aliphatic carbocycles. The van der Waals surface area contributed by atoms with Crippen LogP contribution in [0.2, 0.25) is 0 Å². The van der Waals surface area contributed by atoms with Gasteiger partial charge in [-0.05, 0) is 43.3 Å². The van der Waals surface area contributed by atoms with Crippen molar-refractivity contribution in [3.05, 3.63) is 83.4 Å². The summed E-state index contributed by atoms with van der Waals surface area (Å²) in [6, 6.07) is 21.3. The zero-order chi connectivity index (χ0) is 20.7. The van der Waals surface area contributed by atoms with E-state index in [1.807, 2.05) is 36.4 Å². The minimum Gasteiger partial charge on any atom is -0.341 e. The van der Waals surface area contributed by atoms with Crippen LogP contribution in [0.1, 0.15) is 6.92 Å². The summed E-state index contributed by atoms with van der Waals surface area (Å²) in [6.45, 7) is 2.90. The van der Waals surface area contributed by atoms with Crippen LogP contribution < -0.4 is 10.9 Å². The van der Waals surface area contributed by atoms with Gasteiger partial charge in [0.1, 0.15) is 6.54 Å². The Balaban J connectivity index is 1.46. The van der Waals surface area contributed by atoms with Gasteiger partial charge in [0.15, 0.2) is 0 Å². The second-order valence-electron chi connectivity index (χ2n) is 7.24. The molecule has 0 aliphatic heterocycles. The molecule has 5 rings (SSSR count). The Morgan fingerprint density at radius 3 is 2.50 bits per heavy atom. The lowest BCUT2D eigenvalue weighted by atomic mass is 10.1. The van der Waals surface area contributed by atoms with Crippen LogP contribution >= 0.6 is 0 Å². The number of carbonyl (C=O) groups excluding carboxylic acids is 1. The summed E-state index contributed by atoms with van der Waals surface area (Å²) < 4.78 is 3.59. The van der Waals surface area contributed by atoms with Gasteiger partial charge in [0.05, 0.1) is 17.2 Å². The molecule has 0 unspecified atom stereocenters. The lowest BCUT2D eigenvalue weighted by molar-refractivity contribution is -0.116. The number of hydrogen-bond donors (Lipinski definition) is 1. The molecule has 148 valence electrons. The number of carbonyl (C=O) groups is 1. The number of benzene rings is 3. The van der Waals surface area contributed by atoms with Gasteiger partial charge in [-0.1, -0.05) is 30.3 Å². The van der Waals surface area contributed by atoms with E-state index in [0.29, 0.717) is 16.6 Å². The van der Waals surface area contributed by atoms with Crippen LogP contribution in [0.25, 0.3) is 32.7 Å². The highest BCUT2D eigenvalue weighted by molar-refractivity contribution is 6.09. The summed E-state index contributed by atoms with van der Waals surface area (Å²) in [5, 5.41) is 5.66. The smallest absolute Gasteiger partial charge is 0.261 e. The van der Waals surface area contributed by atoms with Crippen LogP contribution in [0.5, 0.6) is 0 Å². The fourth-order valence-corrected chi connectivity index (χ4v) is 4.05. The fraction of sp³-hybridized carbons (Fsp3) is 0.125. The largest absolute Gasteiger partial charge is 0.341 e. The first kappa shape index (κ1) is 18.1. The number of nitrogens with zero attached hydrogens (tertiary/aromatic N) is 3. The third-order valence-corrected chi connectivity index (χ3v) is 5.42. The molecule has 6 heteroatoms. The van der Waals surface area contributed by atoms with Gasteiger partial charge in [-0.25, -0.2) is 4.98 Å². The molecule has 0 atom stereocenters. The molecule has 0 spiro atoms. The molecule has 2 heterocycles. The molecule has 6 nitrogen and oxygen atoms in total. The quantitative estimate of drug-likeness (QED) is 0.496. The molecule has 0 saturated heterocycles. The highest BCUT2D eigenvalue weighted by Crippen LogP contribution is 2.30. The van der Waals surface area contributed by atoms with E-state index in [1.165, 1.54) is 16.4 Å². The predicted molar refractivity (Wildman–Crippen MR) is 120 cm³/mol. The first-order chi connectivity index (χ1) is 14.7. The second kappa shape index (κ2) is 7.15. The lowest BCUT2D eigenvalue weighted by Crippen LogP contribution is -2.27. The van der Waals surface area contributed by atoms with Gasteiger partial charge in [-0.3, -0.25) is 14.2 Å². The van der Waals surface area contributed by atoms with Crippen molar-refractivity contribution < 1.29 is 4.79 Å². The van der Waals surface area contributed by atoms with Crippen molar-refractivity contribution in [2.45, 2.75) is 20.0 Å². The number of hydrogen-bond acceptors (Lipinski definition) is 3. The zero-order valence-electron chi connectivity index (χ0n) is 16.5. The molecule has 0 aliphatic rings. The first-order valence-electron chi connectivity index (χ1n) is 9.90. The Kier molecular flexibility index (Phi) is 4.32. The summed E-state index contributed by atoms with van der Waals surface area (Å²) in [7, 11) is 0. The lowest BCUT2D eigenvalue weighted by Gasteiger charge is -2.09. The van der Waals surface area contributed by atoms with Gasteiger partial charge in [0.25, 0.3) is 5.56 Å². The maximum atomic E-state index is 12.6. The van der Waals surface area contributed by atoms with E-state index in [2.05, 4.69) is 33.9 Å². The Morgan fingerprint density at radius 1 is 0.933 bits per heavy atom. The third kappa shape index (κ3) is 2.93. The van der Waals surface area contributed by atoms with E-state index in [0.717, 1.165) is 22.8 Å². The maximum absolute atomic E-state index is 12.6. The highest BCUT2D eigenvalue weighted by Gasteiger charge is 2.12. The van der Waals surface area contributed by atoms with Crippen molar-refractivity contribution in [3.8, 4) is 0 Å². The molecule has 3 aromatic carbocycles. The predicted octanol–water partition coefficient (Wildman–Crippen LogP) is 4.16. The molecular weight excluding hydrogens is 376 g/mol. The van der Waals surface area contributed by atoms with Gasteiger partial charge in [-0.15, -0.1) is 0 Å². The van der Waals surface area contributed by atoms with Crippen LogP contribution in [0, 0.1) is 0 Å². The molecule has 0 bridgehead atoms. The third-order valence-electron chi connectivity index (χ3n) is 5.42. The number of aryl methyl sites for hydroxylation is 1. The summed E-state index contributed by atoms with van der Waals surface area (Å²) in [6.07, 6.45) is 1.42. The number of nitrogens with one attached hydrogen (secondary N) is 1. The van der Waals surface area contributed by atoms with Crippen molar-refractivity contribution in [1.29, 1.82) is 0 Å². The van der Waals surface area contributed by atoms with Crippen LogP contribution in [-0.4, -0.2) is 20.0 Å². The number of fused-ring (bicyclic) bond motifs is 4. The van der Waals surface area contributed by atoms with E-state index in [4.69, 9.17) is 0 Å². The van der Waals surface area contributed by atoms with Crippen molar-refractivity contribution in [2.24, 2.45) is 0 Å². The van der Waals surface area contributed by atoms with Crippen molar-refractivity contribution >= 4 is 44.3 Å². The number of amides is 1. The number of anilines is 1. The van der Waals surface area contributed by atoms with Crippen LogP contribution in [0.3, 0.4) is 0 Å². The minimum atomic E-state index is -0.271. The Hall–Kier alpha value is -3.93. The molecule has 1 amide bonds. The standard InChI is InChI=1S/C24H20N4O2/c1-2-28-21-10-6-4-7-17(21)19-13-16(11-12-22(19)28)26-23(29)14-27-15-25-20-9-5-3-8-18(20)24(27)30/h3-13,15H,2,14H2,1H3,(H,26,29). The average molecular weight is 396 g/mol. The Bertz CT molecular complexity index is 1480. The fourth-order valence-electron chi connectivity index (χ4n) is 4.05.